The number of ether oxygens (including phenoxy) is 1. The van der Waals surface area contributed by atoms with Crippen LogP contribution in [0.2, 0.25) is 0 Å². The minimum absolute atomic E-state index is 0.0454. The average molecular weight is 220 g/mol. The summed E-state index contributed by atoms with van der Waals surface area (Å²) in [6, 6.07) is 9.53. The van der Waals surface area contributed by atoms with Gasteiger partial charge in [-0.1, -0.05) is 18.2 Å². The molecule has 1 rings (SSSR count). The highest BCUT2D eigenvalue weighted by Crippen LogP contribution is 2.17. The van der Waals surface area contributed by atoms with Gasteiger partial charge < -0.3 is 15.2 Å². The molecule has 2 N–H and O–H groups in total. The molecule has 0 saturated heterocycles. The molecule has 0 unspecified atom stereocenters. The Hall–Kier alpha value is -1.57. The molecule has 4 nitrogen and oxygen atoms in total. The van der Waals surface area contributed by atoms with Crippen LogP contribution in [0.1, 0.15) is 12.5 Å². The van der Waals surface area contributed by atoms with E-state index in [0.717, 1.165) is 5.56 Å². The van der Waals surface area contributed by atoms with Crippen molar-refractivity contribution in [3.05, 3.63) is 29.8 Å². The van der Waals surface area contributed by atoms with Crippen LogP contribution in [-0.2, 0) is 6.54 Å². The zero-order chi connectivity index (χ0) is 11.8. The van der Waals surface area contributed by atoms with Crippen LogP contribution in [0.3, 0.4) is 0 Å². The van der Waals surface area contributed by atoms with E-state index in [0.29, 0.717) is 12.3 Å². The third-order valence-corrected chi connectivity index (χ3v) is 2.18. The van der Waals surface area contributed by atoms with Crippen molar-refractivity contribution >= 4 is 0 Å². The number of nitriles is 1. The number of hydrogen-bond donors (Lipinski definition) is 2. The molecule has 0 amide bonds. The summed E-state index contributed by atoms with van der Waals surface area (Å²) in [7, 11) is 0. The zero-order valence-corrected chi connectivity index (χ0v) is 9.31. The minimum atomic E-state index is 0.0454. The maximum Gasteiger partial charge on any atom is 0.174 e. The Bertz CT molecular complexity index is 360. The van der Waals surface area contributed by atoms with Crippen molar-refractivity contribution in [2.75, 3.05) is 13.2 Å². The summed E-state index contributed by atoms with van der Waals surface area (Å²) >= 11 is 0. The SMILES string of the molecule is C[C@H](CO)NCc1ccccc1OCC#N. The Morgan fingerprint density at radius 1 is 1.50 bits per heavy atom. The Kier molecular flexibility index (Phi) is 5.34. The van der Waals surface area contributed by atoms with Crippen molar-refractivity contribution < 1.29 is 9.84 Å². The molecule has 0 aromatic heterocycles. The van der Waals surface area contributed by atoms with Crippen molar-refractivity contribution in [1.29, 1.82) is 5.26 Å². The summed E-state index contributed by atoms with van der Waals surface area (Å²) in [6.45, 7) is 2.66. The molecule has 0 heterocycles. The second-order valence-corrected chi connectivity index (χ2v) is 3.52. The van der Waals surface area contributed by atoms with Crippen molar-refractivity contribution in [1.82, 2.24) is 5.32 Å². The lowest BCUT2D eigenvalue weighted by atomic mass is 10.2. The molecule has 1 aromatic rings. The van der Waals surface area contributed by atoms with E-state index in [-0.39, 0.29) is 19.3 Å². The lowest BCUT2D eigenvalue weighted by molar-refractivity contribution is 0.250. The zero-order valence-electron chi connectivity index (χ0n) is 9.31. The molecule has 1 aromatic carbocycles. The Morgan fingerprint density at radius 2 is 2.25 bits per heavy atom. The highest BCUT2D eigenvalue weighted by atomic mass is 16.5. The van der Waals surface area contributed by atoms with Crippen molar-refractivity contribution in [2.45, 2.75) is 19.5 Å². The minimum Gasteiger partial charge on any atom is -0.478 e. The second kappa shape index (κ2) is 6.83. The average Bonchev–Trinajstić information content (AvgIpc) is 2.34. The fraction of sp³-hybridized carbons (Fsp3) is 0.417. The van der Waals surface area contributed by atoms with Crippen molar-refractivity contribution in [2.24, 2.45) is 0 Å². The van der Waals surface area contributed by atoms with E-state index < -0.39 is 0 Å². The van der Waals surface area contributed by atoms with Crippen LogP contribution in [0, 0.1) is 11.3 Å². The molecule has 0 bridgehead atoms. The van der Waals surface area contributed by atoms with Crippen LogP contribution >= 0.6 is 0 Å². The van der Waals surface area contributed by atoms with Crippen LogP contribution in [0.15, 0.2) is 24.3 Å². The van der Waals surface area contributed by atoms with Crippen molar-refractivity contribution in [3.63, 3.8) is 0 Å². The molecule has 86 valence electrons. The normalized spacial score (nSPS) is 11.8. The van der Waals surface area contributed by atoms with Gasteiger partial charge in [0.05, 0.1) is 6.61 Å². The monoisotopic (exact) mass is 220 g/mol. The summed E-state index contributed by atoms with van der Waals surface area (Å²) in [5.74, 6) is 0.710. The van der Waals surface area contributed by atoms with Crippen LogP contribution in [0.5, 0.6) is 5.75 Å². The number of nitrogens with zero attached hydrogens (tertiary/aromatic N) is 1. The molecule has 0 saturated carbocycles. The highest BCUT2D eigenvalue weighted by molar-refractivity contribution is 5.33. The first-order valence-corrected chi connectivity index (χ1v) is 5.19. The molecule has 0 fully saturated rings. The maximum absolute atomic E-state index is 8.89. The third-order valence-electron chi connectivity index (χ3n) is 2.18. The number of nitrogens with one attached hydrogen (secondary N) is 1. The third kappa shape index (κ3) is 3.89. The fourth-order valence-corrected chi connectivity index (χ4v) is 1.25. The van der Waals surface area contributed by atoms with Gasteiger partial charge in [-0.15, -0.1) is 0 Å². The van der Waals surface area contributed by atoms with Gasteiger partial charge in [0, 0.05) is 18.2 Å². The molecule has 0 spiro atoms. The predicted octanol–water partition coefficient (Wildman–Crippen LogP) is 1.06. The van der Waals surface area contributed by atoms with E-state index in [1.54, 1.807) is 0 Å². The molecule has 0 aliphatic rings. The van der Waals surface area contributed by atoms with E-state index in [4.69, 9.17) is 15.1 Å². The maximum atomic E-state index is 8.89. The summed E-state index contributed by atoms with van der Waals surface area (Å²) < 4.78 is 5.29. The quantitative estimate of drug-likeness (QED) is 0.752. The number of benzene rings is 1. The van der Waals surface area contributed by atoms with Gasteiger partial charge in [0.2, 0.25) is 0 Å². The van der Waals surface area contributed by atoms with E-state index in [9.17, 15) is 0 Å². The molecular formula is C12H16N2O2. The molecule has 0 aliphatic carbocycles. The molecule has 4 heteroatoms. The van der Waals surface area contributed by atoms with Gasteiger partial charge in [-0.25, -0.2) is 0 Å². The lowest BCUT2D eigenvalue weighted by Crippen LogP contribution is -2.28. The molecule has 0 radical (unpaired) electrons. The number of aliphatic hydroxyl groups is 1. The summed E-state index contributed by atoms with van der Waals surface area (Å²) in [5, 5.41) is 20.5. The Balaban J connectivity index is 2.60. The van der Waals surface area contributed by atoms with Crippen LogP contribution in [0.25, 0.3) is 0 Å². The fourth-order valence-electron chi connectivity index (χ4n) is 1.25. The first-order chi connectivity index (χ1) is 7.77. The first-order valence-electron chi connectivity index (χ1n) is 5.19. The first kappa shape index (κ1) is 12.5. The molecule has 1 atom stereocenters. The van der Waals surface area contributed by atoms with E-state index >= 15 is 0 Å². The van der Waals surface area contributed by atoms with Crippen LogP contribution in [0.4, 0.5) is 0 Å². The topological polar surface area (TPSA) is 65.3 Å². The number of aliphatic hydroxyl groups excluding tert-OH is 1. The van der Waals surface area contributed by atoms with Gasteiger partial charge in [-0.3, -0.25) is 0 Å². The van der Waals surface area contributed by atoms with Crippen LogP contribution in [-0.4, -0.2) is 24.4 Å². The number of rotatable bonds is 6. The van der Waals surface area contributed by atoms with E-state index in [1.807, 2.05) is 37.3 Å². The molecular weight excluding hydrogens is 204 g/mol. The van der Waals surface area contributed by atoms with E-state index in [2.05, 4.69) is 5.32 Å². The van der Waals surface area contributed by atoms with Gasteiger partial charge >= 0.3 is 0 Å². The number of hydrogen-bond acceptors (Lipinski definition) is 4. The largest absolute Gasteiger partial charge is 0.478 e. The molecule has 0 aliphatic heterocycles. The summed E-state index contributed by atoms with van der Waals surface area (Å²) in [5.41, 5.74) is 0.984. The summed E-state index contributed by atoms with van der Waals surface area (Å²) in [4.78, 5) is 0. The van der Waals surface area contributed by atoms with Gasteiger partial charge in [-0.2, -0.15) is 5.26 Å². The number of para-hydroxylation sites is 1. The molecule has 16 heavy (non-hydrogen) atoms. The Labute approximate surface area is 95.5 Å². The van der Waals surface area contributed by atoms with Gasteiger partial charge in [0.15, 0.2) is 6.61 Å². The van der Waals surface area contributed by atoms with E-state index in [1.165, 1.54) is 0 Å². The van der Waals surface area contributed by atoms with Crippen molar-refractivity contribution in [3.8, 4) is 11.8 Å². The smallest absolute Gasteiger partial charge is 0.174 e. The van der Waals surface area contributed by atoms with Gasteiger partial charge in [0.1, 0.15) is 11.8 Å². The lowest BCUT2D eigenvalue weighted by Gasteiger charge is -2.13. The Morgan fingerprint density at radius 3 is 2.94 bits per heavy atom. The summed E-state index contributed by atoms with van der Waals surface area (Å²) in [6.07, 6.45) is 0. The van der Waals surface area contributed by atoms with Crippen LogP contribution < -0.4 is 10.1 Å². The highest BCUT2D eigenvalue weighted by Gasteiger charge is 2.04. The second-order valence-electron chi connectivity index (χ2n) is 3.52. The van der Waals surface area contributed by atoms with Gasteiger partial charge in [-0.05, 0) is 13.0 Å². The van der Waals surface area contributed by atoms with Gasteiger partial charge in [0.25, 0.3) is 0 Å². The standard InChI is InChI=1S/C12H16N2O2/c1-10(9-15)14-8-11-4-2-3-5-12(11)16-7-6-13/h2-5,10,14-15H,7-9H2,1H3/t10-/m1/s1. The predicted molar refractivity (Wildman–Crippen MR) is 60.9 cm³/mol.